The molecule has 0 aliphatic carbocycles. The van der Waals surface area contributed by atoms with Crippen LogP contribution < -0.4 is 14.9 Å². The second-order valence-corrected chi connectivity index (χ2v) is 5.90. The van der Waals surface area contributed by atoms with Gasteiger partial charge in [-0.25, -0.2) is 5.43 Å². The first kappa shape index (κ1) is 18.9. The Balaban J connectivity index is 2.12. The van der Waals surface area contributed by atoms with Crippen LogP contribution in [0.15, 0.2) is 46.2 Å². The van der Waals surface area contributed by atoms with Crippen LogP contribution in [0.4, 0.5) is 0 Å². The Kier molecular flexibility index (Phi) is 7.40. The van der Waals surface area contributed by atoms with Gasteiger partial charge in [-0.2, -0.15) is 5.10 Å². The maximum atomic E-state index is 11.9. The first-order valence-electron chi connectivity index (χ1n) is 7.98. The van der Waals surface area contributed by atoms with Gasteiger partial charge in [-0.15, -0.1) is 0 Å². The zero-order chi connectivity index (χ0) is 18.1. The fourth-order valence-corrected chi connectivity index (χ4v) is 2.58. The molecule has 0 unspecified atom stereocenters. The molecule has 0 radical (unpaired) electrons. The number of rotatable bonds is 8. The van der Waals surface area contributed by atoms with E-state index < -0.39 is 0 Å². The molecule has 0 spiro atoms. The van der Waals surface area contributed by atoms with E-state index in [2.05, 4.69) is 31.4 Å². The van der Waals surface area contributed by atoms with Gasteiger partial charge < -0.3 is 9.47 Å². The maximum absolute atomic E-state index is 11.9. The number of ether oxygens (including phenoxy) is 2. The summed E-state index contributed by atoms with van der Waals surface area (Å²) in [7, 11) is 0. The number of carbonyl (C=O) groups excluding carboxylic acids is 1. The molecule has 2 rings (SSSR count). The highest BCUT2D eigenvalue weighted by Gasteiger charge is 2.11. The maximum Gasteiger partial charge on any atom is 0.271 e. The molecular formula is C18H20BrN3O3. The Morgan fingerprint density at radius 3 is 2.72 bits per heavy atom. The number of benzene rings is 1. The van der Waals surface area contributed by atoms with Crippen molar-refractivity contribution in [3.05, 3.63) is 52.3 Å². The van der Waals surface area contributed by atoms with E-state index in [1.807, 2.05) is 26.0 Å². The molecule has 1 heterocycles. The number of pyridine rings is 1. The zero-order valence-electron chi connectivity index (χ0n) is 14.2. The van der Waals surface area contributed by atoms with Crippen LogP contribution in [-0.4, -0.2) is 30.3 Å². The summed E-state index contributed by atoms with van der Waals surface area (Å²) in [5.41, 5.74) is 3.75. The summed E-state index contributed by atoms with van der Waals surface area (Å²) in [5, 5.41) is 3.99. The fourth-order valence-electron chi connectivity index (χ4n) is 2.00. The number of hydrogen-bond acceptors (Lipinski definition) is 5. The van der Waals surface area contributed by atoms with Crippen LogP contribution >= 0.6 is 15.9 Å². The van der Waals surface area contributed by atoms with Crippen LogP contribution in [0.3, 0.4) is 0 Å². The Morgan fingerprint density at radius 1 is 1.28 bits per heavy atom. The average Bonchev–Trinajstić information content (AvgIpc) is 2.62. The van der Waals surface area contributed by atoms with Crippen molar-refractivity contribution in [1.29, 1.82) is 0 Å². The molecule has 0 aliphatic rings. The lowest BCUT2D eigenvalue weighted by Crippen LogP contribution is -2.17. The van der Waals surface area contributed by atoms with Gasteiger partial charge in [0.05, 0.1) is 23.9 Å². The minimum Gasteiger partial charge on any atom is -0.490 e. The number of aromatic nitrogens is 1. The van der Waals surface area contributed by atoms with Gasteiger partial charge in [0.1, 0.15) is 0 Å². The molecule has 132 valence electrons. The van der Waals surface area contributed by atoms with Crippen molar-refractivity contribution in [3.8, 4) is 11.5 Å². The number of nitrogens with zero attached hydrogens (tertiary/aromatic N) is 2. The lowest BCUT2D eigenvalue weighted by atomic mass is 10.2. The van der Waals surface area contributed by atoms with Crippen LogP contribution in [0.1, 0.15) is 36.2 Å². The normalized spacial score (nSPS) is 10.7. The molecule has 2 aromatic rings. The van der Waals surface area contributed by atoms with Crippen molar-refractivity contribution in [1.82, 2.24) is 10.4 Å². The second kappa shape index (κ2) is 9.78. The van der Waals surface area contributed by atoms with E-state index in [1.54, 1.807) is 30.7 Å². The summed E-state index contributed by atoms with van der Waals surface area (Å²) in [6.45, 7) is 5.08. The molecule has 25 heavy (non-hydrogen) atoms. The molecule has 1 aromatic carbocycles. The van der Waals surface area contributed by atoms with Gasteiger partial charge in [-0.1, -0.05) is 6.92 Å². The third-order valence-electron chi connectivity index (χ3n) is 3.10. The summed E-state index contributed by atoms with van der Waals surface area (Å²) in [4.78, 5) is 15.8. The zero-order valence-corrected chi connectivity index (χ0v) is 15.7. The van der Waals surface area contributed by atoms with Crippen molar-refractivity contribution in [2.45, 2.75) is 20.3 Å². The van der Waals surface area contributed by atoms with Gasteiger partial charge in [0.25, 0.3) is 5.91 Å². The monoisotopic (exact) mass is 405 g/mol. The standard InChI is InChI=1S/C18H20BrN3O3/c1-3-9-25-17-15(19)10-13(11-16(17)24-4-2)12-21-22-18(23)14-5-7-20-8-6-14/h5-8,10-12H,3-4,9H2,1-2H3,(H,22,23)/b21-12-. The van der Waals surface area contributed by atoms with Crippen molar-refractivity contribution in [2.75, 3.05) is 13.2 Å². The molecule has 1 N–H and O–H groups in total. The molecular weight excluding hydrogens is 386 g/mol. The van der Waals surface area contributed by atoms with E-state index in [0.29, 0.717) is 30.3 Å². The minimum absolute atomic E-state index is 0.300. The third-order valence-corrected chi connectivity index (χ3v) is 3.69. The lowest BCUT2D eigenvalue weighted by Gasteiger charge is -2.14. The highest BCUT2D eigenvalue weighted by molar-refractivity contribution is 9.10. The number of nitrogens with one attached hydrogen (secondary N) is 1. The summed E-state index contributed by atoms with van der Waals surface area (Å²) in [5.74, 6) is 1.000. The predicted octanol–water partition coefficient (Wildman–Crippen LogP) is 3.80. The van der Waals surface area contributed by atoms with E-state index in [1.165, 1.54) is 0 Å². The Labute approximate surface area is 155 Å². The van der Waals surface area contributed by atoms with Gasteiger partial charge in [-0.05, 0) is 59.1 Å². The summed E-state index contributed by atoms with van der Waals surface area (Å²) >= 11 is 3.49. The smallest absolute Gasteiger partial charge is 0.271 e. The van der Waals surface area contributed by atoms with E-state index in [0.717, 1.165) is 16.5 Å². The van der Waals surface area contributed by atoms with Crippen LogP contribution in [0.5, 0.6) is 11.5 Å². The Morgan fingerprint density at radius 2 is 2.04 bits per heavy atom. The van der Waals surface area contributed by atoms with E-state index >= 15 is 0 Å². The number of hydrazone groups is 1. The van der Waals surface area contributed by atoms with Gasteiger partial charge in [-0.3, -0.25) is 9.78 Å². The first-order valence-corrected chi connectivity index (χ1v) is 8.77. The SMILES string of the molecule is CCCOc1c(Br)cc(/C=N\NC(=O)c2ccncc2)cc1OCC. The fraction of sp³-hybridized carbons (Fsp3) is 0.278. The highest BCUT2D eigenvalue weighted by Crippen LogP contribution is 2.36. The topological polar surface area (TPSA) is 72.8 Å². The molecule has 0 aliphatic heterocycles. The summed E-state index contributed by atoms with van der Waals surface area (Å²) in [6, 6.07) is 6.92. The van der Waals surface area contributed by atoms with Gasteiger partial charge >= 0.3 is 0 Å². The molecule has 0 saturated carbocycles. The number of carbonyl (C=O) groups is 1. The molecule has 6 nitrogen and oxygen atoms in total. The molecule has 0 saturated heterocycles. The van der Waals surface area contributed by atoms with Gasteiger partial charge in [0, 0.05) is 18.0 Å². The van der Waals surface area contributed by atoms with Crippen molar-refractivity contribution in [2.24, 2.45) is 5.10 Å². The molecule has 0 bridgehead atoms. The second-order valence-electron chi connectivity index (χ2n) is 5.05. The predicted molar refractivity (Wildman–Crippen MR) is 100 cm³/mol. The Hall–Kier alpha value is -2.41. The van der Waals surface area contributed by atoms with Crippen LogP contribution in [0.25, 0.3) is 0 Å². The molecule has 0 fully saturated rings. The highest BCUT2D eigenvalue weighted by atomic mass is 79.9. The van der Waals surface area contributed by atoms with Crippen molar-refractivity contribution in [3.63, 3.8) is 0 Å². The lowest BCUT2D eigenvalue weighted by molar-refractivity contribution is 0.0955. The van der Waals surface area contributed by atoms with Gasteiger partial charge in [0.2, 0.25) is 0 Å². The van der Waals surface area contributed by atoms with E-state index in [4.69, 9.17) is 9.47 Å². The van der Waals surface area contributed by atoms with Gasteiger partial charge in [0.15, 0.2) is 11.5 Å². The average molecular weight is 406 g/mol. The summed E-state index contributed by atoms with van der Waals surface area (Å²) < 4.78 is 12.1. The molecule has 1 aromatic heterocycles. The summed E-state index contributed by atoms with van der Waals surface area (Å²) in [6.07, 6.45) is 5.57. The van der Waals surface area contributed by atoms with E-state index in [-0.39, 0.29) is 5.91 Å². The molecule has 0 atom stereocenters. The largest absolute Gasteiger partial charge is 0.490 e. The van der Waals surface area contributed by atoms with E-state index in [9.17, 15) is 4.79 Å². The number of amides is 1. The van der Waals surface area contributed by atoms with Crippen molar-refractivity contribution < 1.29 is 14.3 Å². The Bertz CT molecular complexity index is 736. The molecule has 1 amide bonds. The van der Waals surface area contributed by atoms with Crippen LogP contribution in [0.2, 0.25) is 0 Å². The van der Waals surface area contributed by atoms with Crippen LogP contribution in [-0.2, 0) is 0 Å². The quantitative estimate of drug-likeness (QED) is 0.535. The van der Waals surface area contributed by atoms with Crippen LogP contribution in [0, 0.1) is 0 Å². The minimum atomic E-state index is -0.300. The third kappa shape index (κ3) is 5.56. The molecule has 7 heteroatoms. The van der Waals surface area contributed by atoms with Crippen molar-refractivity contribution >= 4 is 28.1 Å². The number of halogens is 1. The first-order chi connectivity index (χ1) is 12.2. The number of hydrogen-bond donors (Lipinski definition) is 1.